The predicted octanol–water partition coefficient (Wildman–Crippen LogP) is 1.01. The normalized spacial score (nSPS) is 12.9. The SMILES string of the molecule is C=C[SiH2]CC(OCC)(OCC)N(C)C. The van der Waals surface area contributed by atoms with Crippen molar-refractivity contribution in [3.63, 3.8) is 0 Å². The van der Waals surface area contributed by atoms with Crippen molar-refractivity contribution in [2.45, 2.75) is 25.8 Å². The van der Waals surface area contributed by atoms with Crippen molar-refractivity contribution in [2.24, 2.45) is 0 Å². The monoisotopic (exact) mass is 217 g/mol. The van der Waals surface area contributed by atoms with E-state index in [1.807, 2.05) is 38.5 Å². The Kier molecular flexibility index (Phi) is 7.09. The van der Waals surface area contributed by atoms with Crippen molar-refractivity contribution < 1.29 is 9.47 Å². The lowest BCUT2D eigenvalue weighted by molar-refractivity contribution is -0.291. The maximum absolute atomic E-state index is 5.72. The van der Waals surface area contributed by atoms with Crippen molar-refractivity contribution in [2.75, 3.05) is 27.3 Å². The lowest BCUT2D eigenvalue weighted by Crippen LogP contribution is -2.49. The molecule has 0 bridgehead atoms. The van der Waals surface area contributed by atoms with Gasteiger partial charge in [0.25, 0.3) is 0 Å². The molecule has 0 aromatic carbocycles. The third-order valence-electron chi connectivity index (χ3n) is 2.09. The molecule has 14 heavy (non-hydrogen) atoms. The van der Waals surface area contributed by atoms with Crippen LogP contribution in [0.3, 0.4) is 0 Å². The average molecular weight is 217 g/mol. The Balaban J connectivity index is 4.45. The van der Waals surface area contributed by atoms with Gasteiger partial charge in [-0.15, -0.1) is 12.3 Å². The lowest BCUT2D eigenvalue weighted by atomic mass is 10.5. The number of hydrogen-bond donors (Lipinski definition) is 0. The zero-order chi connectivity index (χ0) is 11.0. The first-order chi connectivity index (χ1) is 6.63. The number of hydrogen-bond acceptors (Lipinski definition) is 3. The fourth-order valence-electron chi connectivity index (χ4n) is 1.40. The summed E-state index contributed by atoms with van der Waals surface area (Å²) >= 11 is 0. The van der Waals surface area contributed by atoms with E-state index < -0.39 is 5.91 Å². The Morgan fingerprint density at radius 1 is 1.29 bits per heavy atom. The molecule has 3 nitrogen and oxygen atoms in total. The molecular weight excluding hydrogens is 194 g/mol. The molecule has 0 spiro atoms. The van der Waals surface area contributed by atoms with Gasteiger partial charge in [-0.3, -0.25) is 4.90 Å². The van der Waals surface area contributed by atoms with Crippen molar-refractivity contribution >= 4 is 9.52 Å². The molecule has 0 aromatic rings. The lowest BCUT2D eigenvalue weighted by Gasteiger charge is -2.38. The first-order valence-electron chi connectivity index (χ1n) is 5.19. The molecule has 0 aliphatic rings. The van der Waals surface area contributed by atoms with Crippen molar-refractivity contribution in [3.05, 3.63) is 12.3 Å². The molecular formula is C10H23NO2Si. The highest BCUT2D eigenvalue weighted by Gasteiger charge is 2.33. The molecule has 0 N–H and O–H groups in total. The molecule has 0 aliphatic carbocycles. The van der Waals surface area contributed by atoms with Gasteiger partial charge < -0.3 is 9.47 Å². The molecule has 0 aliphatic heterocycles. The zero-order valence-electron chi connectivity index (χ0n) is 9.88. The van der Waals surface area contributed by atoms with Crippen LogP contribution in [-0.4, -0.2) is 47.6 Å². The molecule has 0 heterocycles. The molecule has 0 saturated heterocycles. The Hall–Kier alpha value is -0.163. The van der Waals surface area contributed by atoms with Gasteiger partial charge in [-0.1, -0.05) is 0 Å². The van der Waals surface area contributed by atoms with E-state index in [0.29, 0.717) is 13.2 Å². The van der Waals surface area contributed by atoms with Gasteiger partial charge in [0.05, 0.1) is 9.52 Å². The predicted molar refractivity (Wildman–Crippen MR) is 63.2 cm³/mol. The van der Waals surface area contributed by atoms with Crippen LogP contribution in [0.15, 0.2) is 12.3 Å². The number of ether oxygens (including phenoxy) is 2. The molecule has 0 aromatic heterocycles. The largest absolute Gasteiger partial charge is 0.338 e. The maximum Gasteiger partial charge on any atom is 0.226 e. The van der Waals surface area contributed by atoms with E-state index in [1.54, 1.807) is 0 Å². The van der Waals surface area contributed by atoms with E-state index in [-0.39, 0.29) is 9.52 Å². The summed E-state index contributed by atoms with van der Waals surface area (Å²) in [4.78, 5) is 2.01. The maximum atomic E-state index is 5.72. The van der Waals surface area contributed by atoms with Crippen LogP contribution in [0.5, 0.6) is 0 Å². The fraction of sp³-hybridized carbons (Fsp3) is 0.800. The van der Waals surface area contributed by atoms with Crippen molar-refractivity contribution in [1.82, 2.24) is 4.90 Å². The Morgan fingerprint density at radius 2 is 1.79 bits per heavy atom. The van der Waals surface area contributed by atoms with Gasteiger partial charge in [0.2, 0.25) is 5.91 Å². The Labute approximate surface area is 89.9 Å². The van der Waals surface area contributed by atoms with E-state index in [4.69, 9.17) is 9.47 Å². The summed E-state index contributed by atoms with van der Waals surface area (Å²) in [6, 6.07) is 0.950. The molecule has 0 atom stereocenters. The topological polar surface area (TPSA) is 21.7 Å². The highest BCUT2D eigenvalue weighted by molar-refractivity contribution is 6.42. The van der Waals surface area contributed by atoms with Crippen LogP contribution in [0.1, 0.15) is 13.8 Å². The summed E-state index contributed by atoms with van der Waals surface area (Å²) in [5.74, 6) is -0.524. The molecule has 0 unspecified atom stereocenters. The highest BCUT2D eigenvalue weighted by Crippen LogP contribution is 2.21. The third-order valence-corrected chi connectivity index (χ3v) is 3.41. The van der Waals surface area contributed by atoms with E-state index in [1.165, 1.54) is 0 Å². The summed E-state index contributed by atoms with van der Waals surface area (Å²) < 4.78 is 11.4. The molecule has 0 saturated carbocycles. The van der Waals surface area contributed by atoms with Gasteiger partial charge in [0.15, 0.2) is 0 Å². The smallest absolute Gasteiger partial charge is 0.226 e. The molecule has 4 heteroatoms. The Bertz CT molecular complexity index is 156. The van der Waals surface area contributed by atoms with Crippen LogP contribution in [-0.2, 0) is 9.47 Å². The second-order valence-electron chi connectivity index (χ2n) is 3.30. The van der Waals surface area contributed by atoms with Crippen LogP contribution >= 0.6 is 0 Å². The zero-order valence-corrected chi connectivity index (χ0v) is 11.3. The van der Waals surface area contributed by atoms with Gasteiger partial charge in [-0.05, 0) is 27.9 Å². The van der Waals surface area contributed by atoms with Crippen molar-refractivity contribution in [1.29, 1.82) is 0 Å². The van der Waals surface area contributed by atoms with E-state index in [2.05, 4.69) is 6.58 Å². The third kappa shape index (κ3) is 3.92. The highest BCUT2D eigenvalue weighted by atomic mass is 28.2. The summed E-state index contributed by atoms with van der Waals surface area (Å²) in [5.41, 5.74) is 2.02. The van der Waals surface area contributed by atoms with Crippen LogP contribution < -0.4 is 0 Å². The van der Waals surface area contributed by atoms with Gasteiger partial charge >= 0.3 is 0 Å². The second kappa shape index (κ2) is 7.17. The first-order valence-corrected chi connectivity index (χ1v) is 7.00. The molecule has 0 fully saturated rings. The first kappa shape index (κ1) is 13.8. The molecule has 0 rings (SSSR count). The minimum Gasteiger partial charge on any atom is -0.338 e. The van der Waals surface area contributed by atoms with E-state index in [9.17, 15) is 0 Å². The van der Waals surface area contributed by atoms with Crippen LogP contribution in [0, 0.1) is 0 Å². The average Bonchev–Trinajstić information content (AvgIpc) is 2.14. The van der Waals surface area contributed by atoms with Gasteiger partial charge in [0.1, 0.15) is 0 Å². The second-order valence-corrected chi connectivity index (χ2v) is 4.96. The van der Waals surface area contributed by atoms with E-state index >= 15 is 0 Å². The summed E-state index contributed by atoms with van der Waals surface area (Å²) in [5, 5.41) is 0. The Morgan fingerprint density at radius 3 is 2.07 bits per heavy atom. The van der Waals surface area contributed by atoms with Crippen LogP contribution in [0.4, 0.5) is 0 Å². The molecule has 0 amide bonds. The van der Waals surface area contributed by atoms with Gasteiger partial charge in [0, 0.05) is 19.3 Å². The van der Waals surface area contributed by atoms with Crippen LogP contribution in [0.2, 0.25) is 6.04 Å². The van der Waals surface area contributed by atoms with Gasteiger partial charge in [-0.2, -0.15) is 0 Å². The minimum absolute atomic E-state index is 0.294. The fourth-order valence-corrected chi connectivity index (χ4v) is 2.71. The summed E-state index contributed by atoms with van der Waals surface area (Å²) in [6.07, 6.45) is 0. The standard InChI is InChI=1S/C10H23NO2Si/c1-6-12-10(11(4)5,13-7-2)9-14-8-3/h8H,3,6-7,9,14H2,1-2,4-5H3. The summed E-state index contributed by atoms with van der Waals surface area (Å²) in [7, 11) is 3.68. The van der Waals surface area contributed by atoms with E-state index in [0.717, 1.165) is 6.04 Å². The number of nitrogens with zero attached hydrogens (tertiary/aromatic N) is 1. The summed E-state index contributed by atoms with van der Waals surface area (Å²) in [6.45, 7) is 9.10. The molecule has 0 radical (unpaired) electrons. The number of rotatable bonds is 8. The van der Waals surface area contributed by atoms with Crippen LogP contribution in [0.25, 0.3) is 0 Å². The molecule has 84 valence electrons. The quantitative estimate of drug-likeness (QED) is 0.447. The van der Waals surface area contributed by atoms with Crippen molar-refractivity contribution in [3.8, 4) is 0 Å². The van der Waals surface area contributed by atoms with Gasteiger partial charge in [-0.25, -0.2) is 0 Å². The minimum atomic E-state index is -0.524.